The Bertz CT molecular complexity index is 937. The van der Waals surface area contributed by atoms with Crippen LogP contribution in [0.15, 0.2) is 42.6 Å². The molecule has 4 unspecified atom stereocenters. The minimum Gasteiger partial charge on any atom is -0.371 e. The van der Waals surface area contributed by atoms with E-state index < -0.39 is 0 Å². The highest BCUT2D eigenvalue weighted by Crippen LogP contribution is 2.33. The molecule has 1 aliphatic carbocycles. The molecular weight excluding hydrogens is 382 g/mol. The summed E-state index contributed by atoms with van der Waals surface area (Å²) in [6.45, 7) is 2.74. The van der Waals surface area contributed by atoms with Crippen molar-refractivity contribution in [3.63, 3.8) is 0 Å². The average Bonchev–Trinajstić information content (AvgIpc) is 3.15. The van der Waals surface area contributed by atoms with Crippen LogP contribution in [0.25, 0.3) is 5.69 Å². The predicted octanol–water partition coefficient (Wildman–Crippen LogP) is 1.97. The highest BCUT2D eigenvalue weighted by Gasteiger charge is 2.48. The summed E-state index contributed by atoms with van der Waals surface area (Å²) in [6.07, 6.45) is 4.34. The minimum atomic E-state index is -0.239. The Kier molecular flexibility index (Phi) is 5.08. The summed E-state index contributed by atoms with van der Waals surface area (Å²) in [6, 6.07) is 11.4. The molecule has 2 aromatic rings. The van der Waals surface area contributed by atoms with Gasteiger partial charge in [0.1, 0.15) is 12.2 Å². The molecule has 3 fully saturated rings. The lowest BCUT2D eigenvalue weighted by atomic mass is 10.1. The quantitative estimate of drug-likeness (QED) is 0.764. The van der Waals surface area contributed by atoms with Gasteiger partial charge in [0.2, 0.25) is 5.91 Å². The van der Waals surface area contributed by atoms with Gasteiger partial charge >= 0.3 is 0 Å². The van der Waals surface area contributed by atoms with Crippen molar-refractivity contribution in [2.75, 3.05) is 13.2 Å². The lowest BCUT2D eigenvalue weighted by molar-refractivity contribution is -0.122. The molecule has 7 nitrogen and oxygen atoms in total. The molecule has 0 spiro atoms. The van der Waals surface area contributed by atoms with E-state index in [2.05, 4.69) is 10.6 Å². The number of amides is 2. The molecular formula is C23H27N3O4. The number of fused-ring (bicyclic) bond motifs is 1. The number of carbonyl (C=O) groups excluding carboxylic acids is 2. The van der Waals surface area contributed by atoms with Crippen LogP contribution in [-0.4, -0.2) is 53.9 Å². The zero-order chi connectivity index (χ0) is 20.7. The van der Waals surface area contributed by atoms with Gasteiger partial charge in [0.15, 0.2) is 0 Å². The number of para-hydroxylation sites is 1. The van der Waals surface area contributed by atoms with Crippen LogP contribution in [0.3, 0.4) is 0 Å². The van der Waals surface area contributed by atoms with Gasteiger partial charge < -0.3 is 24.7 Å². The fourth-order valence-electron chi connectivity index (χ4n) is 4.46. The SMILES string of the molecule is Cc1c(C(=O)NC2COC3C(NC(=O)CC4CC4)COC23)ccn1-c1ccccc1. The summed E-state index contributed by atoms with van der Waals surface area (Å²) in [4.78, 5) is 25.1. The third-order valence-corrected chi connectivity index (χ3v) is 6.31. The second-order valence-electron chi connectivity index (χ2n) is 8.52. The molecule has 4 atom stereocenters. The summed E-state index contributed by atoms with van der Waals surface area (Å²) in [5, 5.41) is 6.13. The van der Waals surface area contributed by atoms with Crippen molar-refractivity contribution < 1.29 is 19.1 Å². The molecule has 158 valence electrons. The third kappa shape index (κ3) is 3.75. The lowest BCUT2D eigenvalue weighted by Crippen LogP contribution is -2.47. The van der Waals surface area contributed by atoms with Crippen molar-refractivity contribution >= 4 is 11.8 Å². The second kappa shape index (κ2) is 7.89. The summed E-state index contributed by atoms with van der Waals surface area (Å²) in [5.74, 6) is 0.480. The van der Waals surface area contributed by atoms with Gasteiger partial charge in [0.25, 0.3) is 5.91 Å². The maximum atomic E-state index is 12.9. The van der Waals surface area contributed by atoms with Gasteiger partial charge in [-0.15, -0.1) is 0 Å². The molecule has 7 heteroatoms. The highest BCUT2D eigenvalue weighted by atomic mass is 16.6. The maximum Gasteiger partial charge on any atom is 0.253 e. The molecule has 1 aromatic carbocycles. The van der Waals surface area contributed by atoms with Crippen LogP contribution >= 0.6 is 0 Å². The Hall–Kier alpha value is -2.64. The van der Waals surface area contributed by atoms with E-state index in [9.17, 15) is 9.59 Å². The normalized spacial score (nSPS) is 27.6. The standard InChI is InChI=1S/C23H27N3O4/c1-14-17(9-10-26(14)16-5-3-2-4-6-16)23(28)25-19-13-30-21-18(12-29-22(19)21)24-20(27)11-15-7-8-15/h2-6,9-10,15,18-19,21-22H,7-8,11-13H2,1H3,(H,24,27)(H,25,28). The Morgan fingerprint density at radius 1 is 1.00 bits per heavy atom. The minimum absolute atomic E-state index is 0.0701. The lowest BCUT2D eigenvalue weighted by Gasteiger charge is -2.18. The topological polar surface area (TPSA) is 81.6 Å². The van der Waals surface area contributed by atoms with Crippen LogP contribution in [0.5, 0.6) is 0 Å². The van der Waals surface area contributed by atoms with Crippen LogP contribution in [0.4, 0.5) is 0 Å². The van der Waals surface area contributed by atoms with E-state index in [1.807, 2.05) is 54.1 Å². The number of carbonyl (C=O) groups is 2. The molecule has 2 amide bonds. The first-order chi connectivity index (χ1) is 14.6. The molecule has 2 aliphatic heterocycles. The number of benzene rings is 1. The number of ether oxygens (including phenoxy) is 2. The summed E-state index contributed by atoms with van der Waals surface area (Å²) in [5.41, 5.74) is 2.53. The summed E-state index contributed by atoms with van der Waals surface area (Å²) >= 11 is 0. The third-order valence-electron chi connectivity index (χ3n) is 6.31. The highest BCUT2D eigenvalue weighted by molar-refractivity contribution is 5.95. The summed E-state index contributed by atoms with van der Waals surface area (Å²) in [7, 11) is 0. The molecule has 1 aromatic heterocycles. The Labute approximate surface area is 175 Å². The van der Waals surface area contributed by atoms with E-state index in [0.717, 1.165) is 24.2 Å². The Morgan fingerprint density at radius 3 is 2.33 bits per heavy atom. The van der Waals surface area contributed by atoms with Crippen molar-refractivity contribution in [3.8, 4) is 5.69 Å². The van der Waals surface area contributed by atoms with Crippen LogP contribution < -0.4 is 10.6 Å². The number of nitrogens with zero attached hydrogens (tertiary/aromatic N) is 1. The van der Waals surface area contributed by atoms with Crippen molar-refractivity contribution in [1.29, 1.82) is 0 Å². The summed E-state index contributed by atoms with van der Waals surface area (Å²) < 4.78 is 13.8. The fourth-order valence-corrected chi connectivity index (χ4v) is 4.46. The molecule has 3 heterocycles. The first kappa shape index (κ1) is 19.3. The van der Waals surface area contributed by atoms with Gasteiger partial charge in [-0.25, -0.2) is 0 Å². The molecule has 3 aliphatic rings. The molecule has 1 saturated carbocycles. The van der Waals surface area contributed by atoms with E-state index in [1.54, 1.807) is 0 Å². The largest absolute Gasteiger partial charge is 0.371 e. The molecule has 2 N–H and O–H groups in total. The Morgan fingerprint density at radius 2 is 1.67 bits per heavy atom. The number of rotatable bonds is 6. The Balaban J connectivity index is 1.21. The van der Waals surface area contributed by atoms with E-state index in [1.165, 1.54) is 0 Å². The average molecular weight is 409 g/mol. The van der Waals surface area contributed by atoms with Crippen LogP contribution in [0.2, 0.25) is 0 Å². The van der Waals surface area contributed by atoms with E-state index in [-0.39, 0.29) is 36.1 Å². The number of hydrogen-bond acceptors (Lipinski definition) is 4. The van der Waals surface area contributed by atoms with Gasteiger partial charge in [-0.1, -0.05) is 18.2 Å². The zero-order valence-corrected chi connectivity index (χ0v) is 17.0. The van der Waals surface area contributed by atoms with Gasteiger partial charge in [0, 0.05) is 24.0 Å². The molecule has 5 rings (SSSR count). The van der Waals surface area contributed by atoms with Gasteiger partial charge in [0.05, 0.1) is 30.9 Å². The molecule has 2 saturated heterocycles. The van der Waals surface area contributed by atoms with E-state index in [0.29, 0.717) is 31.1 Å². The van der Waals surface area contributed by atoms with Gasteiger partial charge in [-0.2, -0.15) is 0 Å². The molecule has 0 radical (unpaired) electrons. The maximum absolute atomic E-state index is 12.9. The smallest absolute Gasteiger partial charge is 0.253 e. The van der Waals surface area contributed by atoms with Crippen molar-refractivity contribution in [2.45, 2.75) is 50.5 Å². The van der Waals surface area contributed by atoms with Crippen molar-refractivity contribution in [2.24, 2.45) is 5.92 Å². The first-order valence-corrected chi connectivity index (χ1v) is 10.7. The van der Waals surface area contributed by atoms with E-state index >= 15 is 0 Å². The fraction of sp³-hybridized carbons (Fsp3) is 0.478. The number of aromatic nitrogens is 1. The van der Waals surface area contributed by atoms with Crippen molar-refractivity contribution in [1.82, 2.24) is 15.2 Å². The van der Waals surface area contributed by atoms with Gasteiger partial charge in [-0.05, 0) is 43.9 Å². The van der Waals surface area contributed by atoms with Crippen LogP contribution in [-0.2, 0) is 14.3 Å². The van der Waals surface area contributed by atoms with Gasteiger partial charge in [-0.3, -0.25) is 9.59 Å². The number of nitrogens with one attached hydrogen (secondary N) is 2. The van der Waals surface area contributed by atoms with Crippen LogP contribution in [0.1, 0.15) is 35.3 Å². The van der Waals surface area contributed by atoms with Crippen molar-refractivity contribution in [3.05, 3.63) is 53.9 Å². The molecule has 30 heavy (non-hydrogen) atoms. The molecule has 0 bridgehead atoms. The number of hydrogen-bond donors (Lipinski definition) is 2. The first-order valence-electron chi connectivity index (χ1n) is 10.7. The zero-order valence-electron chi connectivity index (χ0n) is 17.0. The van der Waals surface area contributed by atoms with E-state index in [4.69, 9.17) is 9.47 Å². The monoisotopic (exact) mass is 409 g/mol. The predicted molar refractivity (Wildman–Crippen MR) is 111 cm³/mol. The second-order valence-corrected chi connectivity index (χ2v) is 8.52. The van der Waals surface area contributed by atoms with Crippen LogP contribution in [0, 0.1) is 12.8 Å².